The molecule has 0 aromatic rings. The van der Waals surface area contributed by atoms with Gasteiger partial charge >= 0.3 is 0 Å². The predicted molar refractivity (Wildman–Crippen MR) is 59.1 cm³/mol. The van der Waals surface area contributed by atoms with Crippen LogP contribution < -0.4 is 0 Å². The van der Waals surface area contributed by atoms with Crippen LogP contribution in [0.3, 0.4) is 0 Å². The molecule has 0 amide bonds. The molecule has 1 rings (SSSR count). The third-order valence-corrected chi connectivity index (χ3v) is 2.24. The summed E-state index contributed by atoms with van der Waals surface area (Å²) in [5.74, 6) is 0. The minimum Gasteiger partial charge on any atom is -0.378 e. The van der Waals surface area contributed by atoms with Gasteiger partial charge in [0.1, 0.15) is 0 Å². The van der Waals surface area contributed by atoms with Crippen molar-refractivity contribution in [3.8, 4) is 0 Å². The molecule has 1 fully saturated rings. The Morgan fingerprint density at radius 1 is 0.867 bits per heavy atom. The summed E-state index contributed by atoms with van der Waals surface area (Å²) in [5.41, 5.74) is 0. The maximum absolute atomic E-state index is 5.44. The third-order valence-electron chi connectivity index (χ3n) is 2.24. The lowest BCUT2D eigenvalue weighted by Gasteiger charge is -2.21. The molecule has 1 heterocycles. The fourth-order valence-electron chi connectivity index (χ4n) is 1.41. The summed E-state index contributed by atoms with van der Waals surface area (Å²) < 4.78 is 16.2. The molecular weight excluding hydrogens is 194 g/mol. The average Bonchev–Trinajstić information content (AvgIpc) is 2.22. The normalized spacial score (nSPS) is 22.7. The quantitative estimate of drug-likeness (QED) is 0.629. The van der Waals surface area contributed by atoms with Crippen LogP contribution in [0.4, 0.5) is 0 Å². The fraction of sp³-hybridized carbons (Fsp3) is 0.818. The minimum atomic E-state index is 0.658. The molecule has 15 heavy (non-hydrogen) atoms. The molecule has 0 N–H and O–H groups in total. The van der Waals surface area contributed by atoms with Gasteiger partial charge < -0.3 is 14.2 Å². The molecule has 0 aromatic heterocycles. The zero-order chi connectivity index (χ0) is 10.8. The summed E-state index contributed by atoms with van der Waals surface area (Å²) >= 11 is 0. The first-order chi connectivity index (χ1) is 7.43. The summed E-state index contributed by atoms with van der Waals surface area (Å²) in [5, 5.41) is 0. The Balaban J connectivity index is 2.22. The standard InChI is InChI=1S/C11H21NO3/c1-2-3-12-4-6-13-8-10-15-11-9-14-7-5-12/h2H,1,3-11H2. The van der Waals surface area contributed by atoms with Crippen molar-refractivity contribution in [3.05, 3.63) is 12.7 Å². The Hall–Kier alpha value is -0.420. The van der Waals surface area contributed by atoms with Crippen molar-refractivity contribution in [1.82, 2.24) is 4.90 Å². The Morgan fingerprint density at radius 2 is 1.33 bits per heavy atom. The third kappa shape index (κ3) is 6.62. The van der Waals surface area contributed by atoms with Crippen molar-refractivity contribution in [2.75, 3.05) is 59.3 Å². The highest BCUT2D eigenvalue weighted by molar-refractivity contribution is 4.73. The molecular formula is C11H21NO3. The number of hydrogen-bond donors (Lipinski definition) is 0. The molecule has 88 valence electrons. The largest absolute Gasteiger partial charge is 0.378 e. The van der Waals surface area contributed by atoms with E-state index in [1.54, 1.807) is 0 Å². The van der Waals surface area contributed by atoms with E-state index in [0.717, 1.165) is 32.8 Å². The first-order valence-corrected chi connectivity index (χ1v) is 5.50. The summed E-state index contributed by atoms with van der Waals surface area (Å²) in [6, 6.07) is 0. The molecule has 0 radical (unpaired) electrons. The summed E-state index contributed by atoms with van der Waals surface area (Å²) in [6.07, 6.45) is 1.91. The van der Waals surface area contributed by atoms with Crippen molar-refractivity contribution in [2.45, 2.75) is 0 Å². The lowest BCUT2D eigenvalue weighted by Crippen LogP contribution is -2.32. The lowest BCUT2D eigenvalue weighted by molar-refractivity contribution is -0.00441. The van der Waals surface area contributed by atoms with E-state index >= 15 is 0 Å². The smallest absolute Gasteiger partial charge is 0.0701 e. The van der Waals surface area contributed by atoms with Gasteiger partial charge in [-0.15, -0.1) is 6.58 Å². The fourth-order valence-corrected chi connectivity index (χ4v) is 1.41. The van der Waals surface area contributed by atoms with E-state index in [9.17, 15) is 0 Å². The second-order valence-corrected chi connectivity index (χ2v) is 3.43. The van der Waals surface area contributed by atoms with Crippen molar-refractivity contribution in [2.24, 2.45) is 0 Å². The highest BCUT2D eigenvalue weighted by Gasteiger charge is 2.03. The molecule has 1 aliphatic heterocycles. The number of rotatable bonds is 2. The SMILES string of the molecule is C=CCN1CCOCCOCCOCC1. The van der Waals surface area contributed by atoms with E-state index in [1.165, 1.54) is 0 Å². The molecule has 4 nitrogen and oxygen atoms in total. The van der Waals surface area contributed by atoms with E-state index < -0.39 is 0 Å². The van der Waals surface area contributed by atoms with Crippen LogP contribution in [0.5, 0.6) is 0 Å². The van der Waals surface area contributed by atoms with Gasteiger partial charge in [-0.2, -0.15) is 0 Å². The number of nitrogens with zero attached hydrogens (tertiary/aromatic N) is 1. The Bertz CT molecular complexity index is 152. The van der Waals surface area contributed by atoms with Crippen LogP contribution >= 0.6 is 0 Å². The van der Waals surface area contributed by atoms with E-state index in [1.807, 2.05) is 6.08 Å². The van der Waals surface area contributed by atoms with Gasteiger partial charge in [-0.1, -0.05) is 6.08 Å². The summed E-state index contributed by atoms with van der Waals surface area (Å²) in [6.45, 7) is 10.6. The number of ether oxygens (including phenoxy) is 3. The van der Waals surface area contributed by atoms with Gasteiger partial charge in [0.25, 0.3) is 0 Å². The first kappa shape index (κ1) is 12.6. The Morgan fingerprint density at radius 3 is 1.80 bits per heavy atom. The Labute approximate surface area is 91.8 Å². The molecule has 0 saturated carbocycles. The van der Waals surface area contributed by atoms with E-state index in [0.29, 0.717) is 26.4 Å². The second-order valence-electron chi connectivity index (χ2n) is 3.43. The minimum absolute atomic E-state index is 0.658. The zero-order valence-corrected chi connectivity index (χ0v) is 9.32. The van der Waals surface area contributed by atoms with Gasteiger partial charge in [0.05, 0.1) is 39.6 Å². The molecule has 0 unspecified atom stereocenters. The van der Waals surface area contributed by atoms with Crippen molar-refractivity contribution < 1.29 is 14.2 Å². The predicted octanol–water partition coefficient (Wildman–Crippen LogP) is 0.538. The average molecular weight is 215 g/mol. The Kier molecular flexibility index (Phi) is 7.47. The highest BCUT2D eigenvalue weighted by atomic mass is 16.5. The van der Waals surface area contributed by atoms with Crippen LogP contribution in [0, 0.1) is 0 Å². The molecule has 0 atom stereocenters. The van der Waals surface area contributed by atoms with Crippen LogP contribution in [0.25, 0.3) is 0 Å². The maximum Gasteiger partial charge on any atom is 0.0701 e. The zero-order valence-electron chi connectivity index (χ0n) is 9.32. The van der Waals surface area contributed by atoms with Gasteiger partial charge in [0.15, 0.2) is 0 Å². The number of hydrogen-bond acceptors (Lipinski definition) is 4. The topological polar surface area (TPSA) is 30.9 Å². The van der Waals surface area contributed by atoms with Crippen molar-refractivity contribution in [3.63, 3.8) is 0 Å². The van der Waals surface area contributed by atoms with E-state index in [-0.39, 0.29) is 0 Å². The van der Waals surface area contributed by atoms with Gasteiger partial charge in [0.2, 0.25) is 0 Å². The van der Waals surface area contributed by atoms with Crippen LogP contribution in [-0.4, -0.2) is 64.2 Å². The summed E-state index contributed by atoms with van der Waals surface area (Å²) in [4.78, 5) is 2.27. The van der Waals surface area contributed by atoms with Gasteiger partial charge in [-0.3, -0.25) is 4.90 Å². The van der Waals surface area contributed by atoms with E-state index in [4.69, 9.17) is 14.2 Å². The molecule has 0 spiro atoms. The van der Waals surface area contributed by atoms with Crippen LogP contribution in [0.15, 0.2) is 12.7 Å². The monoisotopic (exact) mass is 215 g/mol. The molecule has 1 saturated heterocycles. The van der Waals surface area contributed by atoms with Gasteiger partial charge in [-0.25, -0.2) is 0 Å². The molecule has 1 aliphatic rings. The van der Waals surface area contributed by atoms with Crippen LogP contribution in [-0.2, 0) is 14.2 Å². The van der Waals surface area contributed by atoms with Crippen molar-refractivity contribution >= 4 is 0 Å². The highest BCUT2D eigenvalue weighted by Crippen LogP contribution is 1.92. The molecule has 0 aromatic carbocycles. The van der Waals surface area contributed by atoms with Crippen LogP contribution in [0.1, 0.15) is 0 Å². The summed E-state index contributed by atoms with van der Waals surface area (Å²) in [7, 11) is 0. The molecule has 0 bridgehead atoms. The first-order valence-electron chi connectivity index (χ1n) is 5.50. The van der Waals surface area contributed by atoms with Crippen molar-refractivity contribution in [1.29, 1.82) is 0 Å². The van der Waals surface area contributed by atoms with Gasteiger partial charge in [-0.05, 0) is 0 Å². The maximum atomic E-state index is 5.44. The molecule has 4 heteroatoms. The lowest BCUT2D eigenvalue weighted by atomic mass is 10.4. The van der Waals surface area contributed by atoms with E-state index in [2.05, 4.69) is 11.5 Å². The van der Waals surface area contributed by atoms with Crippen LogP contribution in [0.2, 0.25) is 0 Å². The second kappa shape index (κ2) is 8.85. The van der Waals surface area contributed by atoms with Gasteiger partial charge in [0, 0.05) is 19.6 Å². The molecule has 0 aliphatic carbocycles.